The first-order valence-corrected chi connectivity index (χ1v) is 8.67. The Bertz CT molecular complexity index is 620. The van der Waals surface area contributed by atoms with E-state index in [0.717, 1.165) is 42.5 Å². The van der Waals surface area contributed by atoms with Crippen molar-refractivity contribution in [1.82, 2.24) is 0 Å². The molecule has 2 aliphatic rings. The number of hydrogen-bond acceptors (Lipinski definition) is 2. The zero-order chi connectivity index (χ0) is 16.1. The van der Waals surface area contributed by atoms with Crippen molar-refractivity contribution in [2.45, 2.75) is 31.5 Å². The number of hydrogen-bond donors (Lipinski definition) is 0. The molecule has 0 aromatic heterocycles. The summed E-state index contributed by atoms with van der Waals surface area (Å²) in [5.41, 5.74) is 2.61. The lowest BCUT2D eigenvalue weighted by Gasteiger charge is -1.98. The molecule has 0 saturated carbocycles. The van der Waals surface area contributed by atoms with Gasteiger partial charge in [0, 0.05) is 16.5 Å². The number of rotatable bonds is 5. The first-order valence-electron chi connectivity index (χ1n) is 7.91. The van der Waals surface area contributed by atoms with Crippen molar-refractivity contribution >= 4 is 23.2 Å². The molecule has 4 heteroatoms. The van der Waals surface area contributed by atoms with E-state index in [1.807, 2.05) is 42.5 Å². The monoisotopic (exact) mass is 350 g/mol. The Morgan fingerprint density at radius 2 is 1.52 bits per heavy atom. The zero-order valence-electron chi connectivity index (χ0n) is 12.9. The highest BCUT2D eigenvalue weighted by atomic mass is 35.5. The quantitative estimate of drug-likeness (QED) is 0.712. The number of aryl methyl sites for hydroxylation is 1. The van der Waals surface area contributed by atoms with Gasteiger partial charge in [-0.2, -0.15) is 0 Å². The van der Waals surface area contributed by atoms with Crippen molar-refractivity contribution in [3.8, 4) is 0 Å². The van der Waals surface area contributed by atoms with Gasteiger partial charge in [0.1, 0.15) is 0 Å². The molecule has 122 valence electrons. The predicted octanol–water partition coefficient (Wildman–Crippen LogP) is 4.95. The van der Waals surface area contributed by atoms with Crippen LogP contribution in [0.15, 0.2) is 48.5 Å². The standard InChI is InChI=1S/C10H11ClO.C9H9ClO/c11-9-3-1-2-8(6-9)4-5-10-7-12-10;10-8-3-1-7(2-4-8)5-9-6-11-9/h1-3,6,10H,4-5,7H2;1-4,9H,5-6H2. The minimum atomic E-state index is 0.469. The number of halogens is 2. The van der Waals surface area contributed by atoms with Gasteiger partial charge >= 0.3 is 0 Å². The third-order valence-corrected chi connectivity index (χ3v) is 4.31. The third-order valence-electron chi connectivity index (χ3n) is 3.83. The molecule has 2 heterocycles. The first kappa shape index (κ1) is 16.8. The van der Waals surface area contributed by atoms with E-state index in [9.17, 15) is 0 Å². The van der Waals surface area contributed by atoms with Crippen molar-refractivity contribution in [2.75, 3.05) is 13.2 Å². The van der Waals surface area contributed by atoms with Gasteiger partial charge < -0.3 is 9.47 Å². The minimum absolute atomic E-state index is 0.469. The van der Waals surface area contributed by atoms with E-state index in [-0.39, 0.29) is 0 Å². The van der Waals surface area contributed by atoms with Crippen LogP contribution in [0.5, 0.6) is 0 Å². The van der Waals surface area contributed by atoms with Crippen molar-refractivity contribution in [3.63, 3.8) is 0 Å². The molecule has 2 fully saturated rings. The highest BCUT2D eigenvalue weighted by Gasteiger charge is 2.22. The first-order chi connectivity index (χ1) is 11.2. The Labute approximate surface area is 147 Å². The summed E-state index contributed by atoms with van der Waals surface area (Å²) < 4.78 is 10.2. The van der Waals surface area contributed by atoms with Crippen molar-refractivity contribution < 1.29 is 9.47 Å². The Morgan fingerprint density at radius 1 is 0.826 bits per heavy atom. The second-order valence-corrected chi connectivity index (χ2v) is 6.78. The number of epoxide rings is 2. The molecule has 2 saturated heterocycles. The highest BCUT2D eigenvalue weighted by molar-refractivity contribution is 6.30. The highest BCUT2D eigenvalue weighted by Crippen LogP contribution is 2.19. The maximum absolute atomic E-state index is 5.84. The molecule has 0 bridgehead atoms. The summed E-state index contributed by atoms with van der Waals surface area (Å²) in [6.07, 6.45) is 4.21. The van der Waals surface area contributed by atoms with E-state index >= 15 is 0 Å². The third kappa shape index (κ3) is 6.52. The fraction of sp³-hybridized carbons (Fsp3) is 0.368. The summed E-state index contributed by atoms with van der Waals surface area (Å²) >= 11 is 11.6. The van der Waals surface area contributed by atoms with Crippen LogP contribution in [0.4, 0.5) is 0 Å². The van der Waals surface area contributed by atoms with Gasteiger partial charge in [0.25, 0.3) is 0 Å². The number of benzene rings is 2. The summed E-state index contributed by atoms with van der Waals surface area (Å²) in [6.45, 7) is 1.86. The average molecular weight is 351 g/mol. The van der Waals surface area contributed by atoms with Gasteiger partial charge in [-0.05, 0) is 48.2 Å². The van der Waals surface area contributed by atoms with Crippen molar-refractivity contribution in [3.05, 3.63) is 69.7 Å². The molecule has 0 N–H and O–H groups in total. The molecule has 0 amide bonds. The number of ether oxygens (including phenoxy) is 2. The van der Waals surface area contributed by atoms with E-state index in [1.54, 1.807) is 0 Å². The SMILES string of the molecule is Clc1ccc(CC2CO2)cc1.Clc1cccc(CCC2CO2)c1. The van der Waals surface area contributed by atoms with Crippen LogP contribution >= 0.6 is 23.2 Å². The van der Waals surface area contributed by atoms with Gasteiger partial charge in [-0.1, -0.05) is 47.5 Å². The molecule has 2 nitrogen and oxygen atoms in total. The molecular weight excluding hydrogens is 331 g/mol. The van der Waals surface area contributed by atoms with Gasteiger partial charge in [0.15, 0.2) is 0 Å². The molecule has 2 atom stereocenters. The minimum Gasteiger partial charge on any atom is -0.373 e. The van der Waals surface area contributed by atoms with Crippen LogP contribution in [-0.2, 0) is 22.3 Å². The van der Waals surface area contributed by atoms with Crippen LogP contribution in [0.1, 0.15) is 17.5 Å². The lowest BCUT2D eigenvalue weighted by atomic mass is 10.1. The predicted molar refractivity (Wildman–Crippen MR) is 94.4 cm³/mol. The van der Waals surface area contributed by atoms with Crippen molar-refractivity contribution in [2.24, 2.45) is 0 Å². The molecule has 2 unspecified atom stereocenters. The van der Waals surface area contributed by atoms with E-state index in [4.69, 9.17) is 32.7 Å². The summed E-state index contributed by atoms with van der Waals surface area (Å²) in [4.78, 5) is 0. The fourth-order valence-corrected chi connectivity index (χ4v) is 2.66. The van der Waals surface area contributed by atoms with Gasteiger partial charge in [-0.25, -0.2) is 0 Å². The van der Waals surface area contributed by atoms with Crippen LogP contribution in [0.25, 0.3) is 0 Å². The Balaban J connectivity index is 0.000000136. The summed E-state index contributed by atoms with van der Waals surface area (Å²) in [5.74, 6) is 0. The summed E-state index contributed by atoms with van der Waals surface area (Å²) in [7, 11) is 0. The zero-order valence-corrected chi connectivity index (χ0v) is 14.4. The maximum Gasteiger partial charge on any atom is 0.0850 e. The second kappa shape index (κ2) is 8.16. The summed E-state index contributed by atoms with van der Waals surface area (Å²) in [5, 5.41) is 1.62. The molecule has 4 rings (SSSR count). The van der Waals surface area contributed by atoms with Crippen LogP contribution in [0, 0.1) is 0 Å². The Hall–Kier alpha value is -1.06. The second-order valence-electron chi connectivity index (χ2n) is 5.91. The lowest BCUT2D eigenvalue weighted by molar-refractivity contribution is 0.397. The lowest BCUT2D eigenvalue weighted by Crippen LogP contribution is -1.91. The topological polar surface area (TPSA) is 25.1 Å². The van der Waals surface area contributed by atoms with Crippen LogP contribution in [0.3, 0.4) is 0 Å². The largest absolute Gasteiger partial charge is 0.373 e. The van der Waals surface area contributed by atoms with Crippen LogP contribution < -0.4 is 0 Å². The fourth-order valence-electron chi connectivity index (χ4n) is 2.32. The molecule has 2 aromatic carbocycles. The molecule has 2 aromatic rings. The van der Waals surface area contributed by atoms with Crippen molar-refractivity contribution in [1.29, 1.82) is 0 Å². The summed E-state index contributed by atoms with van der Waals surface area (Å²) in [6, 6.07) is 15.9. The molecule has 2 aliphatic heterocycles. The van der Waals surface area contributed by atoms with E-state index in [2.05, 4.69) is 6.07 Å². The molecule has 0 spiro atoms. The van der Waals surface area contributed by atoms with Gasteiger partial charge in [0.2, 0.25) is 0 Å². The van der Waals surface area contributed by atoms with Crippen LogP contribution in [0.2, 0.25) is 10.0 Å². The smallest absolute Gasteiger partial charge is 0.0850 e. The molecule has 0 radical (unpaired) electrons. The molecule has 0 aliphatic carbocycles. The van der Waals surface area contributed by atoms with Gasteiger partial charge in [-0.15, -0.1) is 0 Å². The normalized spacial score (nSPS) is 21.3. The van der Waals surface area contributed by atoms with E-state index in [0.29, 0.717) is 12.2 Å². The molecular formula is C19H20Cl2O2. The van der Waals surface area contributed by atoms with Crippen LogP contribution in [-0.4, -0.2) is 25.4 Å². The van der Waals surface area contributed by atoms with Gasteiger partial charge in [0.05, 0.1) is 25.4 Å². The van der Waals surface area contributed by atoms with E-state index < -0.39 is 0 Å². The van der Waals surface area contributed by atoms with E-state index in [1.165, 1.54) is 11.1 Å². The van der Waals surface area contributed by atoms with Gasteiger partial charge in [-0.3, -0.25) is 0 Å². The maximum atomic E-state index is 5.84. The average Bonchev–Trinajstić information content (AvgIpc) is 3.44. The molecule has 23 heavy (non-hydrogen) atoms. The Morgan fingerprint density at radius 3 is 2.13 bits per heavy atom. The Kier molecular flexibility index (Phi) is 5.96.